The van der Waals surface area contributed by atoms with Crippen LogP contribution in [-0.4, -0.2) is 15.9 Å². The lowest BCUT2D eigenvalue weighted by Gasteiger charge is -2.10. The summed E-state index contributed by atoms with van der Waals surface area (Å²) in [6.45, 7) is 4.41. The van der Waals surface area contributed by atoms with Gasteiger partial charge in [-0.05, 0) is 35.4 Å². The van der Waals surface area contributed by atoms with Crippen LogP contribution in [0.1, 0.15) is 22.4 Å². The van der Waals surface area contributed by atoms with Crippen molar-refractivity contribution >= 4 is 17.4 Å². The van der Waals surface area contributed by atoms with Crippen LogP contribution in [0.25, 0.3) is 5.70 Å². The van der Waals surface area contributed by atoms with Crippen LogP contribution in [0.15, 0.2) is 67.5 Å². The Morgan fingerprint density at radius 2 is 1.76 bits per heavy atom. The van der Waals surface area contributed by atoms with Crippen molar-refractivity contribution in [2.45, 2.75) is 13.0 Å². The number of nitriles is 1. The number of nitrogens with one attached hydrogen (secondary N) is 2. The first-order valence-corrected chi connectivity index (χ1v) is 8.82. The smallest absolute Gasteiger partial charge is 0.229 e. The van der Waals surface area contributed by atoms with Crippen molar-refractivity contribution < 1.29 is 9.18 Å². The Bertz CT molecular complexity index is 1060. The molecule has 1 heterocycles. The van der Waals surface area contributed by atoms with Crippen molar-refractivity contribution in [1.29, 1.82) is 5.26 Å². The number of halogens is 1. The maximum Gasteiger partial charge on any atom is 0.229 e. The molecule has 7 heteroatoms. The zero-order valence-electron chi connectivity index (χ0n) is 15.5. The van der Waals surface area contributed by atoms with Gasteiger partial charge in [-0.1, -0.05) is 30.8 Å². The number of carbonyl (C=O) groups excluding carboxylic acids is 1. The highest BCUT2D eigenvalue weighted by atomic mass is 19.1. The normalized spacial score (nSPS) is 10.1. The molecule has 3 aromatic rings. The zero-order chi connectivity index (χ0) is 20.6. The SMILES string of the molecule is C=C(NCc1ccc(F)cc1)c1cc(NC(=O)Cc2ccc(C#N)cc2)ncn1. The minimum atomic E-state index is -0.287. The van der Waals surface area contributed by atoms with E-state index in [1.807, 2.05) is 6.07 Å². The molecule has 3 rings (SSSR count). The van der Waals surface area contributed by atoms with Crippen LogP contribution in [0.4, 0.5) is 10.2 Å². The van der Waals surface area contributed by atoms with Crippen molar-refractivity contribution in [3.05, 3.63) is 95.7 Å². The van der Waals surface area contributed by atoms with Gasteiger partial charge in [0.1, 0.15) is 18.0 Å². The number of rotatable bonds is 7. The van der Waals surface area contributed by atoms with Crippen LogP contribution in [0.3, 0.4) is 0 Å². The summed E-state index contributed by atoms with van der Waals surface area (Å²) in [5.41, 5.74) is 3.33. The summed E-state index contributed by atoms with van der Waals surface area (Å²) in [7, 11) is 0. The Balaban J connectivity index is 1.57. The molecule has 2 N–H and O–H groups in total. The Morgan fingerprint density at radius 3 is 2.45 bits per heavy atom. The molecule has 0 unspecified atom stereocenters. The van der Waals surface area contributed by atoms with E-state index in [1.165, 1.54) is 18.5 Å². The average molecular weight is 387 g/mol. The molecular weight excluding hydrogens is 369 g/mol. The number of aromatic nitrogens is 2. The molecular formula is C22H18FN5O. The molecule has 0 aliphatic carbocycles. The predicted molar refractivity (Wildman–Crippen MR) is 108 cm³/mol. The molecule has 0 spiro atoms. The fourth-order valence-electron chi connectivity index (χ4n) is 2.56. The summed E-state index contributed by atoms with van der Waals surface area (Å²) < 4.78 is 13.0. The minimum absolute atomic E-state index is 0.162. The lowest BCUT2D eigenvalue weighted by molar-refractivity contribution is -0.115. The lowest BCUT2D eigenvalue weighted by Crippen LogP contribution is -2.16. The van der Waals surface area contributed by atoms with Crippen LogP contribution >= 0.6 is 0 Å². The predicted octanol–water partition coefficient (Wildman–Crippen LogP) is 3.43. The molecule has 0 aliphatic heterocycles. The molecule has 144 valence electrons. The highest BCUT2D eigenvalue weighted by Gasteiger charge is 2.08. The second-order valence-electron chi connectivity index (χ2n) is 6.28. The highest BCUT2D eigenvalue weighted by molar-refractivity contribution is 5.91. The summed E-state index contributed by atoms with van der Waals surface area (Å²) in [6.07, 6.45) is 1.51. The second kappa shape index (κ2) is 9.24. The van der Waals surface area contributed by atoms with E-state index >= 15 is 0 Å². The van der Waals surface area contributed by atoms with Gasteiger partial charge in [0.25, 0.3) is 0 Å². The quantitative estimate of drug-likeness (QED) is 0.648. The maximum atomic E-state index is 13.0. The van der Waals surface area contributed by atoms with E-state index in [0.717, 1.165) is 11.1 Å². The fourth-order valence-corrected chi connectivity index (χ4v) is 2.56. The van der Waals surface area contributed by atoms with E-state index in [9.17, 15) is 9.18 Å². The van der Waals surface area contributed by atoms with Crippen LogP contribution in [0, 0.1) is 17.1 Å². The maximum absolute atomic E-state index is 13.0. The number of carbonyl (C=O) groups is 1. The summed E-state index contributed by atoms with van der Waals surface area (Å²) >= 11 is 0. The van der Waals surface area contributed by atoms with Crippen molar-refractivity contribution in [1.82, 2.24) is 15.3 Å². The molecule has 6 nitrogen and oxygen atoms in total. The number of nitrogens with zero attached hydrogens (tertiary/aromatic N) is 3. The summed E-state index contributed by atoms with van der Waals surface area (Å²) in [6, 6.07) is 16.6. The van der Waals surface area contributed by atoms with Crippen LogP contribution < -0.4 is 10.6 Å². The molecule has 0 saturated heterocycles. The molecule has 0 saturated carbocycles. The molecule has 2 aromatic carbocycles. The van der Waals surface area contributed by atoms with Gasteiger partial charge in [0.2, 0.25) is 5.91 Å². The Morgan fingerprint density at radius 1 is 1.07 bits per heavy atom. The molecule has 0 atom stereocenters. The summed E-state index contributed by atoms with van der Waals surface area (Å²) in [5, 5.41) is 14.7. The standard InChI is InChI=1S/C22H18FN5O/c1-15(25-13-18-6-8-19(23)9-7-18)20-11-21(27-14-26-20)28-22(29)10-16-2-4-17(12-24)5-3-16/h2-9,11,14,25H,1,10,13H2,(H,26,27,28,29). The topological polar surface area (TPSA) is 90.7 Å². The largest absolute Gasteiger partial charge is 0.380 e. The first-order chi connectivity index (χ1) is 14.0. The number of anilines is 1. The monoisotopic (exact) mass is 387 g/mol. The van der Waals surface area contributed by atoms with Gasteiger partial charge >= 0.3 is 0 Å². The average Bonchev–Trinajstić information content (AvgIpc) is 2.74. The summed E-state index contributed by atoms with van der Waals surface area (Å²) in [5.74, 6) is -0.160. The molecule has 0 radical (unpaired) electrons. The minimum Gasteiger partial charge on any atom is -0.380 e. The van der Waals surface area contributed by atoms with E-state index in [-0.39, 0.29) is 18.1 Å². The van der Waals surface area contributed by atoms with Gasteiger partial charge in [0.05, 0.1) is 29.4 Å². The molecule has 0 fully saturated rings. The van der Waals surface area contributed by atoms with Crippen molar-refractivity contribution in [3.63, 3.8) is 0 Å². The van der Waals surface area contributed by atoms with Crippen LogP contribution in [0.2, 0.25) is 0 Å². The molecule has 0 bridgehead atoms. The zero-order valence-corrected chi connectivity index (χ0v) is 15.5. The molecule has 1 aromatic heterocycles. The Hall–Kier alpha value is -4.05. The van der Waals surface area contributed by atoms with Gasteiger partial charge in [-0.2, -0.15) is 5.26 Å². The highest BCUT2D eigenvalue weighted by Crippen LogP contribution is 2.13. The van der Waals surface area contributed by atoms with Gasteiger partial charge < -0.3 is 10.6 Å². The summed E-state index contributed by atoms with van der Waals surface area (Å²) in [4.78, 5) is 20.5. The Labute approximate surface area is 167 Å². The van der Waals surface area contributed by atoms with Gasteiger partial charge in [0, 0.05) is 12.6 Å². The van der Waals surface area contributed by atoms with Crippen molar-refractivity contribution in [2.75, 3.05) is 5.32 Å². The lowest BCUT2D eigenvalue weighted by atomic mass is 10.1. The van der Waals surface area contributed by atoms with E-state index in [2.05, 4.69) is 27.2 Å². The van der Waals surface area contributed by atoms with Crippen molar-refractivity contribution in [3.8, 4) is 6.07 Å². The van der Waals surface area contributed by atoms with Crippen LogP contribution in [-0.2, 0) is 17.8 Å². The van der Waals surface area contributed by atoms with E-state index in [1.54, 1.807) is 42.5 Å². The first kappa shape index (κ1) is 19.7. The van der Waals surface area contributed by atoms with Gasteiger partial charge in [-0.25, -0.2) is 14.4 Å². The molecule has 0 aliphatic rings. The third-order valence-electron chi connectivity index (χ3n) is 4.11. The van der Waals surface area contributed by atoms with Gasteiger partial charge in [-0.15, -0.1) is 0 Å². The number of amides is 1. The first-order valence-electron chi connectivity index (χ1n) is 8.82. The van der Waals surface area contributed by atoms with E-state index in [4.69, 9.17) is 5.26 Å². The number of hydrogen-bond acceptors (Lipinski definition) is 5. The van der Waals surface area contributed by atoms with Gasteiger partial charge in [-0.3, -0.25) is 4.79 Å². The van der Waals surface area contributed by atoms with E-state index in [0.29, 0.717) is 29.3 Å². The molecule has 1 amide bonds. The van der Waals surface area contributed by atoms with Crippen LogP contribution in [0.5, 0.6) is 0 Å². The second-order valence-corrected chi connectivity index (χ2v) is 6.28. The van der Waals surface area contributed by atoms with E-state index < -0.39 is 0 Å². The third kappa shape index (κ3) is 5.71. The number of hydrogen-bond donors (Lipinski definition) is 2. The van der Waals surface area contributed by atoms with Gasteiger partial charge in [0.15, 0.2) is 0 Å². The molecule has 29 heavy (non-hydrogen) atoms. The fraction of sp³-hybridized carbons (Fsp3) is 0.0909. The number of benzene rings is 2. The van der Waals surface area contributed by atoms with Crippen molar-refractivity contribution in [2.24, 2.45) is 0 Å². The third-order valence-corrected chi connectivity index (χ3v) is 4.11. The Kier molecular flexibility index (Phi) is 6.28.